The van der Waals surface area contributed by atoms with Crippen LogP contribution in [0.15, 0.2) is 29.5 Å². The predicted molar refractivity (Wildman–Crippen MR) is 87.2 cm³/mol. The second-order valence-corrected chi connectivity index (χ2v) is 4.80. The van der Waals surface area contributed by atoms with E-state index in [4.69, 9.17) is 12.2 Å². The lowest BCUT2D eigenvalue weighted by molar-refractivity contribution is 0.0600. The van der Waals surface area contributed by atoms with Gasteiger partial charge in [-0.25, -0.2) is 18.3 Å². The molecule has 0 aliphatic heterocycles. The van der Waals surface area contributed by atoms with Crippen LogP contribution in [0.1, 0.15) is 16.1 Å². The second kappa shape index (κ2) is 7.59. The second-order valence-electron chi connectivity index (χ2n) is 4.39. The van der Waals surface area contributed by atoms with Crippen molar-refractivity contribution in [2.45, 2.75) is 0 Å². The van der Waals surface area contributed by atoms with Gasteiger partial charge in [-0.1, -0.05) is 0 Å². The molecule has 0 spiro atoms. The van der Waals surface area contributed by atoms with Crippen LogP contribution in [-0.4, -0.2) is 41.2 Å². The van der Waals surface area contributed by atoms with E-state index in [1.807, 2.05) is 0 Å². The van der Waals surface area contributed by atoms with E-state index in [0.29, 0.717) is 6.07 Å². The molecule has 7 nitrogen and oxygen atoms in total. The average Bonchev–Trinajstić information content (AvgIpc) is 2.97. The Morgan fingerprint density at radius 1 is 1.46 bits per heavy atom. The maximum absolute atomic E-state index is 14.0. The quantitative estimate of drug-likeness (QED) is 0.374. The smallest absolute Gasteiger partial charge is 0.341 e. The van der Waals surface area contributed by atoms with Gasteiger partial charge in [-0.15, -0.1) is 0 Å². The molecule has 0 atom stereocenters. The first-order valence-corrected chi connectivity index (χ1v) is 7.01. The third-order valence-electron chi connectivity index (χ3n) is 2.93. The molecule has 0 saturated heterocycles. The Kier molecular flexibility index (Phi) is 5.53. The number of carbonyl (C=O) groups is 1. The molecular formula is C14H13F2N5O2S. The van der Waals surface area contributed by atoms with Crippen molar-refractivity contribution in [2.75, 3.05) is 14.2 Å². The van der Waals surface area contributed by atoms with Crippen LogP contribution < -0.4 is 10.7 Å². The molecule has 0 radical (unpaired) electrons. The monoisotopic (exact) mass is 353 g/mol. The Balaban J connectivity index is 2.50. The first-order chi connectivity index (χ1) is 11.5. The van der Waals surface area contributed by atoms with Crippen LogP contribution in [0.4, 0.5) is 8.78 Å². The van der Waals surface area contributed by atoms with Crippen molar-refractivity contribution in [2.24, 2.45) is 5.10 Å². The van der Waals surface area contributed by atoms with Crippen molar-refractivity contribution in [3.63, 3.8) is 0 Å². The minimum absolute atomic E-state index is 0.0517. The average molecular weight is 353 g/mol. The van der Waals surface area contributed by atoms with Crippen LogP contribution in [0.5, 0.6) is 0 Å². The van der Waals surface area contributed by atoms with Gasteiger partial charge in [-0.05, 0) is 24.4 Å². The van der Waals surface area contributed by atoms with E-state index in [2.05, 4.69) is 25.7 Å². The molecule has 2 rings (SSSR count). The Morgan fingerprint density at radius 2 is 2.21 bits per heavy atom. The Labute approximate surface area is 141 Å². The maximum Gasteiger partial charge on any atom is 0.341 e. The van der Waals surface area contributed by atoms with E-state index in [-0.39, 0.29) is 22.1 Å². The van der Waals surface area contributed by atoms with E-state index in [1.54, 1.807) is 7.05 Å². The van der Waals surface area contributed by atoms with Crippen LogP contribution in [0, 0.1) is 11.6 Å². The fourth-order valence-corrected chi connectivity index (χ4v) is 1.86. The number of aromatic nitrogens is 2. The molecule has 2 aromatic rings. The zero-order valence-corrected chi connectivity index (χ0v) is 13.5. The number of halogens is 2. The number of benzene rings is 1. The highest BCUT2D eigenvalue weighted by Gasteiger charge is 2.19. The normalized spacial score (nSPS) is 10.7. The van der Waals surface area contributed by atoms with Crippen molar-refractivity contribution < 1.29 is 18.3 Å². The van der Waals surface area contributed by atoms with Gasteiger partial charge in [0.25, 0.3) is 0 Å². The van der Waals surface area contributed by atoms with Crippen molar-refractivity contribution in [1.29, 1.82) is 0 Å². The van der Waals surface area contributed by atoms with Crippen LogP contribution in [0.3, 0.4) is 0 Å². The van der Waals surface area contributed by atoms with E-state index in [1.165, 1.54) is 25.6 Å². The van der Waals surface area contributed by atoms with E-state index in [9.17, 15) is 13.6 Å². The van der Waals surface area contributed by atoms with Gasteiger partial charge in [0.15, 0.2) is 10.9 Å². The first-order valence-electron chi connectivity index (χ1n) is 6.60. The molecule has 126 valence electrons. The number of carbonyl (C=O) groups excluding carboxylic acids is 1. The number of hydrazone groups is 1. The number of nitrogens with zero attached hydrogens (tertiary/aromatic N) is 3. The summed E-state index contributed by atoms with van der Waals surface area (Å²) in [6.45, 7) is 0. The summed E-state index contributed by atoms with van der Waals surface area (Å²) in [5.41, 5.74) is 2.64. The number of hydrogen-bond donors (Lipinski definition) is 2. The number of hydrogen-bond acceptors (Lipinski definition) is 5. The Morgan fingerprint density at radius 3 is 2.83 bits per heavy atom. The van der Waals surface area contributed by atoms with Crippen molar-refractivity contribution in [1.82, 2.24) is 20.5 Å². The predicted octanol–water partition coefficient (Wildman–Crippen LogP) is 1.36. The van der Waals surface area contributed by atoms with E-state index < -0.39 is 17.6 Å². The van der Waals surface area contributed by atoms with Gasteiger partial charge in [0.05, 0.1) is 19.5 Å². The molecule has 0 bridgehead atoms. The van der Waals surface area contributed by atoms with Gasteiger partial charge in [0.2, 0.25) is 0 Å². The highest BCUT2D eigenvalue weighted by atomic mass is 32.1. The minimum atomic E-state index is -0.845. The zero-order valence-electron chi connectivity index (χ0n) is 12.7. The summed E-state index contributed by atoms with van der Waals surface area (Å²) in [5, 5.41) is 10.7. The Hall–Kier alpha value is -2.88. The van der Waals surface area contributed by atoms with Crippen molar-refractivity contribution in [3.8, 4) is 5.69 Å². The number of thiocarbonyl (C=S) groups is 1. The number of rotatable bonds is 4. The van der Waals surface area contributed by atoms with E-state index >= 15 is 0 Å². The summed E-state index contributed by atoms with van der Waals surface area (Å²) < 4.78 is 32.9. The molecule has 0 saturated carbocycles. The third kappa shape index (κ3) is 3.71. The summed E-state index contributed by atoms with van der Waals surface area (Å²) in [6, 6.07) is 2.99. The maximum atomic E-state index is 14.0. The van der Waals surface area contributed by atoms with Crippen LogP contribution in [0.2, 0.25) is 0 Å². The van der Waals surface area contributed by atoms with Gasteiger partial charge in [0, 0.05) is 13.1 Å². The summed E-state index contributed by atoms with van der Waals surface area (Å²) in [5.74, 6) is -2.25. The zero-order chi connectivity index (χ0) is 17.7. The summed E-state index contributed by atoms with van der Waals surface area (Å²) in [7, 11) is 2.80. The summed E-state index contributed by atoms with van der Waals surface area (Å²) in [4.78, 5) is 11.8. The lowest BCUT2D eigenvalue weighted by atomic mass is 10.2. The molecule has 0 aliphatic rings. The van der Waals surface area contributed by atoms with Gasteiger partial charge >= 0.3 is 5.97 Å². The van der Waals surface area contributed by atoms with Crippen molar-refractivity contribution >= 4 is 29.5 Å². The van der Waals surface area contributed by atoms with Gasteiger partial charge < -0.3 is 10.1 Å². The third-order valence-corrected chi connectivity index (χ3v) is 3.23. The molecule has 2 N–H and O–H groups in total. The molecule has 0 fully saturated rings. The molecule has 1 heterocycles. The molecule has 1 aromatic heterocycles. The number of nitrogens with one attached hydrogen (secondary N) is 2. The lowest BCUT2D eigenvalue weighted by Crippen LogP contribution is -2.28. The lowest BCUT2D eigenvalue weighted by Gasteiger charge is -2.07. The SMILES string of the molecule is CNC(=S)N/N=C/c1c(C(=O)OC)cnn1-c1ccc(F)cc1F. The fourth-order valence-electron chi connectivity index (χ4n) is 1.80. The number of ether oxygens (including phenoxy) is 1. The molecule has 10 heteroatoms. The van der Waals surface area contributed by atoms with Gasteiger partial charge in [-0.2, -0.15) is 10.2 Å². The molecule has 1 aromatic carbocycles. The Bertz CT molecular complexity index is 806. The topological polar surface area (TPSA) is 80.5 Å². The first kappa shape index (κ1) is 17.5. The van der Waals surface area contributed by atoms with Crippen molar-refractivity contribution in [3.05, 3.63) is 47.3 Å². The van der Waals surface area contributed by atoms with Gasteiger partial charge in [0.1, 0.15) is 22.8 Å². The van der Waals surface area contributed by atoms with E-state index in [0.717, 1.165) is 10.7 Å². The number of esters is 1. The van der Waals surface area contributed by atoms with Crippen LogP contribution in [-0.2, 0) is 4.74 Å². The largest absolute Gasteiger partial charge is 0.465 e. The molecule has 0 aliphatic carbocycles. The number of methoxy groups -OCH3 is 1. The minimum Gasteiger partial charge on any atom is -0.465 e. The highest BCUT2D eigenvalue weighted by Crippen LogP contribution is 2.18. The summed E-state index contributed by atoms with van der Waals surface area (Å²) >= 11 is 4.87. The summed E-state index contributed by atoms with van der Waals surface area (Å²) in [6.07, 6.45) is 2.43. The standard InChI is InChI=1S/C14H13F2N5O2S/c1-17-14(24)20-18-7-12-9(13(22)23-2)6-19-21(12)11-4-3-8(15)5-10(11)16/h3-7H,1-2H3,(H2,17,20,24)/b18-7+. The molecular weight excluding hydrogens is 340 g/mol. The van der Waals surface area contributed by atoms with Crippen LogP contribution in [0.25, 0.3) is 5.69 Å². The molecule has 24 heavy (non-hydrogen) atoms. The van der Waals surface area contributed by atoms with Gasteiger partial charge in [-0.3, -0.25) is 5.43 Å². The van der Waals surface area contributed by atoms with Crippen LogP contribution >= 0.6 is 12.2 Å². The molecule has 0 amide bonds. The fraction of sp³-hybridized carbons (Fsp3) is 0.143. The molecule has 0 unspecified atom stereocenters. The highest BCUT2D eigenvalue weighted by molar-refractivity contribution is 7.80.